The summed E-state index contributed by atoms with van der Waals surface area (Å²) < 4.78 is 42.7. The fourth-order valence-electron chi connectivity index (χ4n) is 4.76. The van der Waals surface area contributed by atoms with E-state index in [0.29, 0.717) is 43.7 Å². The van der Waals surface area contributed by atoms with E-state index >= 15 is 0 Å². The van der Waals surface area contributed by atoms with Crippen LogP contribution in [-0.2, 0) is 19.1 Å². The highest BCUT2D eigenvalue weighted by molar-refractivity contribution is 7.98. The Labute approximate surface area is 197 Å². The van der Waals surface area contributed by atoms with Crippen molar-refractivity contribution in [3.05, 3.63) is 52.3 Å². The predicted octanol–water partition coefficient (Wildman–Crippen LogP) is 5.64. The standard InChI is InChI=1S/C24H31F3N4OS/c1-23(2,3)33-31-12-6-9-20-18(15-31)21(29-28-20)22(32)30-13-10-16(11-14-30)17-7-4-5-8-19(17)24(25,26)27/h4-5,7-8,16H,6,9-15H2,1-3H3,(H,28,29). The number of rotatable bonds is 3. The number of carbonyl (C=O) groups is 1. The second kappa shape index (κ2) is 9.33. The summed E-state index contributed by atoms with van der Waals surface area (Å²) in [4.78, 5) is 15.1. The van der Waals surface area contributed by atoms with Gasteiger partial charge in [0.25, 0.3) is 5.91 Å². The molecule has 1 aromatic heterocycles. The first-order valence-electron chi connectivity index (χ1n) is 11.5. The number of hydrogen-bond acceptors (Lipinski definition) is 4. The average Bonchev–Trinajstić information content (AvgIpc) is 3.03. The molecule has 1 aromatic carbocycles. The number of likely N-dealkylation sites (tertiary alicyclic amines) is 1. The smallest absolute Gasteiger partial charge is 0.337 e. The van der Waals surface area contributed by atoms with E-state index in [2.05, 4.69) is 35.3 Å². The van der Waals surface area contributed by atoms with Crippen LogP contribution in [0.15, 0.2) is 24.3 Å². The van der Waals surface area contributed by atoms with Crippen LogP contribution in [0.4, 0.5) is 13.2 Å². The van der Waals surface area contributed by atoms with Gasteiger partial charge in [0.05, 0.1) is 5.56 Å². The number of benzene rings is 1. The van der Waals surface area contributed by atoms with Gasteiger partial charge in [-0.25, -0.2) is 4.31 Å². The summed E-state index contributed by atoms with van der Waals surface area (Å²) in [6.45, 7) is 8.98. The largest absolute Gasteiger partial charge is 0.416 e. The summed E-state index contributed by atoms with van der Waals surface area (Å²) >= 11 is 1.79. The molecule has 0 aliphatic carbocycles. The van der Waals surface area contributed by atoms with Crippen LogP contribution in [0, 0.1) is 0 Å². The van der Waals surface area contributed by atoms with E-state index in [4.69, 9.17) is 0 Å². The second-order valence-corrected chi connectivity index (χ2v) is 11.8. The van der Waals surface area contributed by atoms with E-state index in [0.717, 1.165) is 36.7 Å². The summed E-state index contributed by atoms with van der Waals surface area (Å²) in [5.74, 6) is -0.334. The minimum Gasteiger partial charge on any atom is -0.337 e. The maximum absolute atomic E-state index is 13.4. The van der Waals surface area contributed by atoms with Crippen LogP contribution >= 0.6 is 11.9 Å². The molecule has 2 aromatic rings. The molecule has 1 amide bonds. The molecule has 0 radical (unpaired) electrons. The van der Waals surface area contributed by atoms with Crippen LogP contribution in [0.25, 0.3) is 0 Å². The molecular weight excluding hydrogens is 449 g/mol. The molecule has 0 atom stereocenters. The number of aromatic nitrogens is 2. The Kier molecular flexibility index (Phi) is 6.82. The number of piperidine rings is 1. The van der Waals surface area contributed by atoms with E-state index in [-0.39, 0.29) is 16.6 Å². The number of alkyl halides is 3. The highest BCUT2D eigenvalue weighted by atomic mass is 32.2. The number of hydrogen-bond donors (Lipinski definition) is 1. The minimum atomic E-state index is -4.37. The molecule has 1 saturated heterocycles. The van der Waals surface area contributed by atoms with Crippen LogP contribution in [-0.4, -0.2) is 49.7 Å². The van der Waals surface area contributed by atoms with E-state index in [1.54, 1.807) is 29.0 Å². The van der Waals surface area contributed by atoms with E-state index in [1.807, 2.05) is 0 Å². The number of nitrogens with one attached hydrogen (secondary N) is 1. The third-order valence-electron chi connectivity index (χ3n) is 6.22. The van der Waals surface area contributed by atoms with Gasteiger partial charge in [-0.05, 0) is 64.0 Å². The van der Waals surface area contributed by atoms with Crippen LogP contribution in [0.5, 0.6) is 0 Å². The van der Waals surface area contributed by atoms with E-state index in [1.165, 1.54) is 6.07 Å². The van der Waals surface area contributed by atoms with Crippen molar-refractivity contribution in [1.82, 2.24) is 19.4 Å². The lowest BCUT2D eigenvalue weighted by molar-refractivity contribution is -0.138. The Morgan fingerprint density at radius 2 is 1.82 bits per heavy atom. The van der Waals surface area contributed by atoms with Crippen molar-refractivity contribution < 1.29 is 18.0 Å². The normalized spacial score (nSPS) is 18.8. The highest BCUT2D eigenvalue weighted by Gasteiger charge is 2.37. The van der Waals surface area contributed by atoms with E-state index < -0.39 is 11.7 Å². The number of amides is 1. The zero-order valence-corrected chi connectivity index (χ0v) is 20.2. The molecule has 0 unspecified atom stereocenters. The number of halogens is 3. The lowest BCUT2D eigenvalue weighted by atomic mass is 9.86. The number of carbonyl (C=O) groups excluding carboxylic acids is 1. The van der Waals surface area contributed by atoms with Gasteiger partial charge in [-0.15, -0.1) is 0 Å². The molecule has 4 rings (SSSR count). The van der Waals surface area contributed by atoms with Crippen LogP contribution < -0.4 is 0 Å². The van der Waals surface area contributed by atoms with Crippen molar-refractivity contribution in [1.29, 1.82) is 0 Å². The molecule has 0 saturated carbocycles. The number of aromatic amines is 1. The van der Waals surface area contributed by atoms with Gasteiger partial charge in [0.2, 0.25) is 0 Å². The Balaban J connectivity index is 1.46. The lowest BCUT2D eigenvalue weighted by Crippen LogP contribution is -2.39. The van der Waals surface area contributed by atoms with Gasteiger partial charge in [-0.3, -0.25) is 9.89 Å². The van der Waals surface area contributed by atoms with Crippen molar-refractivity contribution in [2.75, 3.05) is 19.6 Å². The fraction of sp³-hybridized carbons (Fsp3) is 0.583. The molecule has 1 N–H and O–H groups in total. The van der Waals surface area contributed by atoms with Crippen molar-refractivity contribution >= 4 is 17.9 Å². The van der Waals surface area contributed by atoms with Crippen molar-refractivity contribution in [3.8, 4) is 0 Å². The minimum absolute atomic E-state index is 0.0764. The topological polar surface area (TPSA) is 52.2 Å². The fourth-order valence-corrected chi connectivity index (χ4v) is 5.95. The molecule has 5 nitrogen and oxygen atoms in total. The summed E-state index contributed by atoms with van der Waals surface area (Å²) in [5, 5.41) is 7.44. The molecular formula is C24H31F3N4OS. The third-order valence-corrected chi connectivity index (χ3v) is 7.33. The van der Waals surface area contributed by atoms with Gasteiger partial charge in [0.15, 0.2) is 5.69 Å². The Morgan fingerprint density at radius 3 is 2.48 bits per heavy atom. The van der Waals surface area contributed by atoms with Crippen LogP contribution in [0.3, 0.4) is 0 Å². The molecule has 9 heteroatoms. The maximum atomic E-state index is 13.4. The predicted molar refractivity (Wildman–Crippen MR) is 124 cm³/mol. The first-order valence-corrected chi connectivity index (χ1v) is 12.3. The van der Waals surface area contributed by atoms with Gasteiger partial charge in [-0.2, -0.15) is 18.3 Å². The van der Waals surface area contributed by atoms with Gasteiger partial charge < -0.3 is 4.90 Å². The average molecular weight is 481 g/mol. The Bertz CT molecular complexity index is 990. The molecule has 3 heterocycles. The zero-order chi connectivity index (χ0) is 23.8. The number of fused-ring (bicyclic) bond motifs is 1. The summed E-state index contributed by atoms with van der Waals surface area (Å²) in [5.41, 5.74) is 2.20. The van der Waals surface area contributed by atoms with Crippen LogP contribution in [0.2, 0.25) is 0 Å². The number of nitrogens with zero attached hydrogens (tertiary/aromatic N) is 3. The van der Waals surface area contributed by atoms with Gasteiger partial charge in [0, 0.05) is 42.2 Å². The van der Waals surface area contributed by atoms with Gasteiger partial charge >= 0.3 is 6.18 Å². The summed E-state index contributed by atoms with van der Waals surface area (Å²) in [6, 6.07) is 5.80. The highest BCUT2D eigenvalue weighted by Crippen LogP contribution is 2.39. The van der Waals surface area contributed by atoms with Crippen molar-refractivity contribution in [3.63, 3.8) is 0 Å². The van der Waals surface area contributed by atoms with Gasteiger partial charge in [0.1, 0.15) is 0 Å². The molecule has 1 fully saturated rings. The molecule has 0 spiro atoms. The number of H-pyrrole nitrogens is 1. The lowest BCUT2D eigenvalue weighted by Gasteiger charge is -2.33. The molecule has 0 bridgehead atoms. The third kappa shape index (κ3) is 5.57. The Morgan fingerprint density at radius 1 is 1.12 bits per heavy atom. The maximum Gasteiger partial charge on any atom is 0.416 e. The van der Waals surface area contributed by atoms with Crippen LogP contribution in [0.1, 0.15) is 78.8 Å². The first kappa shape index (κ1) is 24.1. The summed E-state index contributed by atoms with van der Waals surface area (Å²) in [6.07, 6.45) is -1.50. The molecule has 2 aliphatic rings. The first-order chi connectivity index (χ1) is 15.5. The van der Waals surface area contributed by atoms with E-state index in [9.17, 15) is 18.0 Å². The SMILES string of the molecule is CC(C)(C)SN1CCCc2[nH]nc(C(=O)N3CCC(c4ccccc4C(F)(F)F)CC3)c2C1. The summed E-state index contributed by atoms with van der Waals surface area (Å²) in [7, 11) is 0. The van der Waals surface area contributed by atoms with Crippen molar-refractivity contribution in [2.24, 2.45) is 0 Å². The number of aryl methyl sites for hydroxylation is 1. The van der Waals surface area contributed by atoms with Crippen molar-refractivity contribution in [2.45, 2.75) is 69.8 Å². The molecule has 33 heavy (non-hydrogen) atoms. The Hall–Kier alpha value is -2.00. The monoisotopic (exact) mass is 480 g/mol. The zero-order valence-electron chi connectivity index (χ0n) is 19.3. The van der Waals surface area contributed by atoms with Gasteiger partial charge in [-0.1, -0.05) is 30.1 Å². The quantitative estimate of drug-likeness (QED) is 0.578. The second-order valence-electron chi connectivity index (χ2n) is 9.85. The molecule has 2 aliphatic heterocycles. The molecule has 180 valence electrons.